The molecular formula is C18H28N8O5. The Kier molecular flexibility index (Phi) is 7.68. The van der Waals surface area contributed by atoms with Crippen LogP contribution in [-0.4, -0.2) is 79.5 Å². The van der Waals surface area contributed by atoms with Crippen molar-refractivity contribution < 1.29 is 24.5 Å². The number of nitrogens with zero attached hydrogens (tertiary/aromatic N) is 4. The van der Waals surface area contributed by atoms with Crippen molar-refractivity contribution in [1.29, 1.82) is 0 Å². The van der Waals surface area contributed by atoms with Crippen molar-refractivity contribution >= 4 is 28.8 Å². The lowest BCUT2D eigenvalue weighted by Crippen LogP contribution is -2.43. The molecule has 2 amide bonds. The minimum atomic E-state index is -1.42. The summed E-state index contributed by atoms with van der Waals surface area (Å²) in [5.41, 5.74) is 11.7. The molecule has 0 saturated carbocycles. The highest BCUT2D eigenvalue weighted by atomic mass is 16.6. The molecule has 13 nitrogen and oxygen atoms in total. The van der Waals surface area contributed by atoms with Crippen molar-refractivity contribution in [1.82, 2.24) is 30.2 Å². The molecule has 8 N–H and O–H groups in total. The van der Waals surface area contributed by atoms with Gasteiger partial charge < -0.3 is 37.1 Å². The molecule has 0 unspecified atom stereocenters. The molecule has 0 bridgehead atoms. The molecule has 0 aliphatic carbocycles. The third kappa shape index (κ3) is 5.25. The van der Waals surface area contributed by atoms with Crippen LogP contribution in [0, 0.1) is 0 Å². The molecule has 2 aromatic heterocycles. The van der Waals surface area contributed by atoms with Crippen LogP contribution in [-0.2, 0) is 14.3 Å². The Hall–Kier alpha value is -2.87. The van der Waals surface area contributed by atoms with Crippen LogP contribution in [0.5, 0.6) is 0 Å². The second-order valence-electron chi connectivity index (χ2n) is 7.25. The number of aromatic nitrogens is 4. The molecule has 13 heteroatoms. The topological polar surface area (TPSA) is 204 Å². The molecule has 1 fully saturated rings. The Balaban J connectivity index is 1.48. The van der Waals surface area contributed by atoms with Crippen LogP contribution in [0.3, 0.4) is 0 Å². The SMILES string of the molecule is NCCNC(=O)CCCCCNC(=O)[C@H]1O[C@@H](n2cnc3c(N)ncnc32)[C@H](O)[C@@H]1O. The number of nitrogen functional groups attached to an aromatic ring is 1. The maximum absolute atomic E-state index is 12.4. The van der Waals surface area contributed by atoms with Gasteiger partial charge in [0.2, 0.25) is 5.91 Å². The van der Waals surface area contributed by atoms with Gasteiger partial charge in [-0.3, -0.25) is 14.2 Å². The molecule has 3 heterocycles. The van der Waals surface area contributed by atoms with E-state index < -0.39 is 30.4 Å². The van der Waals surface area contributed by atoms with Crippen molar-refractivity contribution in [3.05, 3.63) is 12.7 Å². The van der Waals surface area contributed by atoms with E-state index in [4.69, 9.17) is 16.2 Å². The quantitative estimate of drug-likeness (QED) is 0.221. The van der Waals surface area contributed by atoms with E-state index in [1.165, 1.54) is 17.2 Å². The highest BCUT2D eigenvalue weighted by Crippen LogP contribution is 2.32. The first-order valence-corrected chi connectivity index (χ1v) is 10.1. The van der Waals surface area contributed by atoms with Gasteiger partial charge in [-0.2, -0.15) is 0 Å². The number of ether oxygens (including phenoxy) is 1. The second-order valence-corrected chi connectivity index (χ2v) is 7.25. The van der Waals surface area contributed by atoms with E-state index in [2.05, 4.69) is 25.6 Å². The van der Waals surface area contributed by atoms with Crippen molar-refractivity contribution in [2.24, 2.45) is 5.73 Å². The maximum Gasteiger partial charge on any atom is 0.252 e. The van der Waals surface area contributed by atoms with E-state index in [-0.39, 0.29) is 11.7 Å². The third-order valence-electron chi connectivity index (χ3n) is 5.00. The number of rotatable bonds is 10. The first kappa shape index (κ1) is 22.8. The zero-order valence-electron chi connectivity index (χ0n) is 17.0. The Labute approximate surface area is 178 Å². The van der Waals surface area contributed by atoms with Gasteiger partial charge in [0.05, 0.1) is 6.33 Å². The molecule has 1 aliphatic heterocycles. The Bertz CT molecular complexity index is 906. The summed E-state index contributed by atoms with van der Waals surface area (Å²) >= 11 is 0. The van der Waals surface area contributed by atoms with Crippen molar-refractivity contribution in [2.45, 2.75) is 50.2 Å². The number of carbonyl (C=O) groups excluding carboxylic acids is 2. The minimum absolute atomic E-state index is 0.0453. The summed E-state index contributed by atoms with van der Waals surface area (Å²) in [6, 6.07) is 0. The Morgan fingerprint density at radius 2 is 1.90 bits per heavy atom. The van der Waals surface area contributed by atoms with Gasteiger partial charge in [0.25, 0.3) is 5.91 Å². The molecule has 3 rings (SSSR count). The normalized spacial score (nSPS) is 23.2. The van der Waals surface area contributed by atoms with Crippen molar-refractivity contribution in [3.63, 3.8) is 0 Å². The van der Waals surface area contributed by atoms with Crippen LogP contribution in [0.15, 0.2) is 12.7 Å². The van der Waals surface area contributed by atoms with Crippen LogP contribution in [0.2, 0.25) is 0 Å². The number of imidazole rings is 1. The number of anilines is 1. The molecule has 0 spiro atoms. The molecule has 0 aromatic carbocycles. The average Bonchev–Trinajstić information content (AvgIpc) is 3.31. The molecular weight excluding hydrogens is 408 g/mol. The first-order chi connectivity index (χ1) is 14.9. The fraction of sp³-hybridized carbons (Fsp3) is 0.611. The number of aliphatic hydroxyl groups is 2. The highest BCUT2D eigenvalue weighted by Gasteiger charge is 2.47. The van der Waals surface area contributed by atoms with Crippen LogP contribution in [0.25, 0.3) is 11.2 Å². The number of aliphatic hydroxyl groups excluding tert-OH is 2. The van der Waals surface area contributed by atoms with E-state index in [1.807, 2.05) is 0 Å². The van der Waals surface area contributed by atoms with Gasteiger partial charge in [-0.25, -0.2) is 15.0 Å². The summed E-state index contributed by atoms with van der Waals surface area (Å²) in [6.45, 7) is 1.22. The van der Waals surface area contributed by atoms with Gasteiger partial charge in [-0.1, -0.05) is 6.42 Å². The summed E-state index contributed by atoms with van der Waals surface area (Å²) < 4.78 is 7.04. The van der Waals surface area contributed by atoms with Crippen molar-refractivity contribution in [3.8, 4) is 0 Å². The van der Waals surface area contributed by atoms with E-state index >= 15 is 0 Å². The Morgan fingerprint density at radius 1 is 1.10 bits per heavy atom. The number of hydrogen-bond donors (Lipinski definition) is 6. The summed E-state index contributed by atoms with van der Waals surface area (Å²) in [6.07, 6.45) is 0.0122. The number of hydrogen-bond acceptors (Lipinski definition) is 10. The second kappa shape index (κ2) is 10.4. The predicted octanol–water partition coefficient (Wildman–Crippen LogP) is -2.22. The van der Waals surface area contributed by atoms with Crippen LogP contribution >= 0.6 is 0 Å². The molecule has 0 radical (unpaired) electrons. The number of nitrogens with two attached hydrogens (primary N) is 2. The fourth-order valence-electron chi connectivity index (χ4n) is 3.36. The lowest BCUT2D eigenvalue weighted by atomic mass is 10.1. The monoisotopic (exact) mass is 436 g/mol. The Morgan fingerprint density at radius 3 is 2.68 bits per heavy atom. The number of nitrogens with one attached hydrogen (secondary N) is 2. The number of fused-ring (bicyclic) bond motifs is 1. The molecule has 2 aromatic rings. The van der Waals surface area contributed by atoms with Crippen LogP contribution < -0.4 is 22.1 Å². The maximum atomic E-state index is 12.4. The fourth-order valence-corrected chi connectivity index (χ4v) is 3.36. The van der Waals surface area contributed by atoms with Gasteiger partial charge in [0.1, 0.15) is 24.1 Å². The summed E-state index contributed by atoms with van der Waals surface area (Å²) in [5.74, 6) is -0.410. The van der Waals surface area contributed by atoms with Crippen LogP contribution in [0.1, 0.15) is 31.9 Å². The van der Waals surface area contributed by atoms with Crippen LogP contribution in [0.4, 0.5) is 5.82 Å². The lowest BCUT2D eigenvalue weighted by molar-refractivity contribution is -0.137. The molecule has 31 heavy (non-hydrogen) atoms. The highest BCUT2D eigenvalue weighted by molar-refractivity contribution is 5.82. The van der Waals surface area contributed by atoms with E-state index in [1.54, 1.807) is 0 Å². The number of carbonyl (C=O) groups is 2. The zero-order valence-corrected chi connectivity index (χ0v) is 17.0. The molecule has 1 aliphatic rings. The third-order valence-corrected chi connectivity index (χ3v) is 5.00. The standard InChI is InChI=1S/C18H28N8O5/c19-5-7-21-10(27)4-2-1-3-6-22-17(30)14-12(28)13(29)18(31-14)26-9-25-11-15(20)23-8-24-16(11)26/h8-9,12-14,18,28-29H,1-7,19H2,(H,21,27)(H,22,30)(H2,20,23,24)/t12-,13+,14-,18+/m0/s1. The van der Waals surface area contributed by atoms with Gasteiger partial charge in [-0.15, -0.1) is 0 Å². The molecule has 4 atom stereocenters. The van der Waals surface area contributed by atoms with Gasteiger partial charge in [0.15, 0.2) is 23.8 Å². The van der Waals surface area contributed by atoms with E-state index in [0.717, 1.165) is 6.42 Å². The summed E-state index contributed by atoms with van der Waals surface area (Å²) in [5, 5.41) is 26.1. The molecule has 170 valence electrons. The van der Waals surface area contributed by atoms with Gasteiger partial charge in [0, 0.05) is 26.1 Å². The minimum Gasteiger partial charge on any atom is -0.387 e. The lowest BCUT2D eigenvalue weighted by Gasteiger charge is -2.16. The first-order valence-electron chi connectivity index (χ1n) is 10.1. The van der Waals surface area contributed by atoms with Gasteiger partial charge >= 0.3 is 0 Å². The van der Waals surface area contributed by atoms with E-state index in [9.17, 15) is 19.8 Å². The largest absolute Gasteiger partial charge is 0.387 e. The van der Waals surface area contributed by atoms with Gasteiger partial charge in [-0.05, 0) is 12.8 Å². The summed E-state index contributed by atoms with van der Waals surface area (Å²) in [7, 11) is 0. The predicted molar refractivity (Wildman–Crippen MR) is 109 cm³/mol. The number of amides is 2. The summed E-state index contributed by atoms with van der Waals surface area (Å²) in [4.78, 5) is 36.0. The smallest absolute Gasteiger partial charge is 0.252 e. The average molecular weight is 436 g/mol. The number of unbranched alkanes of at least 4 members (excludes halogenated alkanes) is 2. The molecule has 1 saturated heterocycles. The van der Waals surface area contributed by atoms with Crippen molar-refractivity contribution in [2.75, 3.05) is 25.4 Å². The zero-order chi connectivity index (χ0) is 22.4. The van der Waals surface area contributed by atoms with E-state index in [0.29, 0.717) is 50.1 Å².